The quantitative estimate of drug-likeness (QED) is 0.769. The third-order valence-corrected chi connectivity index (χ3v) is 4.88. The molecule has 1 aromatic heterocycles. The molecular formula is C20H19N5O4. The highest BCUT2D eigenvalue weighted by atomic mass is 16.7. The average Bonchev–Trinajstić information content (AvgIpc) is 3.19. The van der Waals surface area contributed by atoms with Gasteiger partial charge < -0.3 is 9.57 Å². The number of ether oxygens (including phenoxy) is 1. The molecule has 9 heteroatoms. The minimum atomic E-state index is -0.399. The van der Waals surface area contributed by atoms with Crippen LogP contribution in [-0.2, 0) is 21.4 Å². The zero-order valence-corrected chi connectivity index (χ0v) is 16.1. The minimum absolute atomic E-state index is 0.139. The summed E-state index contributed by atoms with van der Waals surface area (Å²) < 4.78 is 8.32. The number of nitrogens with zero attached hydrogens (tertiary/aromatic N) is 3. The highest BCUT2D eigenvalue weighted by Crippen LogP contribution is 2.29. The molecule has 1 aliphatic carbocycles. The summed E-state index contributed by atoms with van der Waals surface area (Å²) in [7, 11) is 3.16. The molecule has 148 valence electrons. The molecule has 0 spiro atoms. The molecule has 2 aliphatic rings. The van der Waals surface area contributed by atoms with Crippen molar-refractivity contribution in [2.75, 3.05) is 12.1 Å². The van der Waals surface area contributed by atoms with E-state index in [4.69, 9.17) is 15.0 Å². The van der Waals surface area contributed by atoms with Crippen molar-refractivity contribution in [3.63, 3.8) is 0 Å². The summed E-state index contributed by atoms with van der Waals surface area (Å²) in [5.74, 6) is -0.533. The second-order valence-electron chi connectivity index (χ2n) is 6.45. The number of ketones is 1. The maximum absolute atomic E-state index is 13.3. The van der Waals surface area contributed by atoms with E-state index in [-0.39, 0.29) is 34.2 Å². The number of para-hydroxylation sites is 1. The summed E-state index contributed by atoms with van der Waals surface area (Å²) in [6.45, 7) is 1.78. The van der Waals surface area contributed by atoms with Crippen LogP contribution in [0.4, 0.5) is 5.69 Å². The third kappa shape index (κ3) is 2.79. The van der Waals surface area contributed by atoms with Crippen molar-refractivity contribution >= 4 is 17.4 Å². The van der Waals surface area contributed by atoms with Gasteiger partial charge in [-0.05, 0) is 31.2 Å². The molecule has 2 heterocycles. The topological polar surface area (TPSA) is 102 Å². The van der Waals surface area contributed by atoms with Crippen molar-refractivity contribution in [2.24, 2.45) is 7.05 Å². The molecule has 29 heavy (non-hydrogen) atoms. The van der Waals surface area contributed by atoms with Crippen molar-refractivity contribution < 1.29 is 14.4 Å². The number of anilines is 1. The monoisotopic (exact) mass is 393 g/mol. The molecule has 0 unspecified atom stereocenters. The first-order valence-corrected chi connectivity index (χ1v) is 8.82. The Hall–Kier alpha value is -3.85. The van der Waals surface area contributed by atoms with Gasteiger partial charge in [-0.1, -0.05) is 29.9 Å². The van der Waals surface area contributed by atoms with E-state index in [0.29, 0.717) is 11.4 Å². The van der Waals surface area contributed by atoms with Crippen LogP contribution in [-0.4, -0.2) is 28.2 Å². The van der Waals surface area contributed by atoms with Crippen molar-refractivity contribution in [2.45, 2.75) is 6.92 Å². The fraction of sp³-hybridized carbons (Fsp3) is 0.150. The minimum Gasteiger partial charge on any atom is -0.493 e. The summed E-state index contributed by atoms with van der Waals surface area (Å²) in [6, 6.07) is 9.20. The molecule has 9 nitrogen and oxygen atoms in total. The lowest BCUT2D eigenvalue weighted by Gasteiger charge is -2.18. The van der Waals surface area contributed by atoms with Crippen molar-refractivity contribution in [1.29, 1.82) is 5.41 Å². The number of carbonyl (C=O) groups is 1. The predicted molar refractivity (Wildman–Crippen MR) is 106 cm³/mol. The van der Waals surface area contributed by atoms with Gasteiger partial charge in [-0.25, -0.2) is 9.69 Å². The predicted octanol–water partition coefficient (Wildman–Crippen LogP) is 1.64. The lowest BCUT2D eigenvalue weighted by atomic mass is 10.0. The molecule has 0 atom stereocenters. The third-order valence-electron chi connectivity index (χ3n) is 4.88. The Kier molecular flexibility index (Phi) is 4.44. The number of aromatic nitrogens is 2. The number of allylic oxidation sites excluding steroid dienone is 4. The molecule has 0 saturated carbocycles. The number of hydrogen-bond donors (Lipinski definition) is 2. The summed E-state index contributed by atoms with van der Waals surface area (Å²) in [5, 5.41) is 9.48. The summed E-state index contributed by atoms with van der Waals surface area (Å²) in [4.78, 5) is 31.2. The van der Waals surface area contributed by atoms with Crippen LogP contribution in [0.5, 0.6) is 0 Å². The zero-order valence-electron chi connectivity index (χ0n) is 16.1. The molecule has 2 N–H and O–H groups in total. The van der Waals surface area contributed by atoms with Crippen LogP contribution in [0.1, 0.15) is 5.69 Å². The number of methoxy groups -OCH3 is 1. The average molecular weight is 393 g/mol. The molecule has 2 aromatic rings. The van der Waals surface area contributed by atoms with E-state index in [1.54, 1.807) is 36.9 Å². The normalized spacial score (nSPS) is 18.9. The van der Waals surface area contributed by atoms with Crippen LogP contribution in [0.25, 0.3) is 5.69 Å². The lowest BCUT2D eigenvalue weighted by Crippen LogP contribution is -2.35. The first-order valence-electron chi connectivity index (χ1n) is 8.82. The molecule has 0 amide bonds. The van der Waals surface area contributed by atoms with Gasteiger partial charge in [-0.3, -0.25) is 19.7 Å². The Balaban J connectivity index is 1.90. The van der Waals surface area contributed by atoms with Crippen molar-refractivity contribution in [3.8, 4) is 5.69 Å². The Morgan fingerprint density at radius 2 is 1.90 bits per heavy atom. The Morgan fingerprint density at radius 1 is 1.17 bits per heavy atom. The first kappa shape index (κ1) is 18.5. The first-order chi connectivity index (χ1) is 14.0. The Labute approximate surface area is 166 Å². The highest BCUT2D eigenvalue weighted by Gasteiger charge is 2.36. The van der Waals surface area contributed by atoms with Gasteiger partial charge in [0.05, 0.1) is 24.1 Å². The van der Waals surface area contributed by atoms with Gasteiger partial charge in [0.2, 0.25) is 5.78 Å². The van der Waals surface area contributed by atoms with Gasteiger partial charge in [-0.2, -0.15) is 0 Å². The number of Topliss-reactive ketones (excluding diaryl/α,β-unsaturated/α-hetero) is 1. The van der Waals surface area contributed by atoms with E-state index >= 15 is 0 Å². The van der Waals surface area contributed by atoms with Gasteiger partial charge in [0, 0.05) is 7.05 Å². The lowest BCUT2D eigenvalue weighted by molar-refractivity contribution is -0.114. The molecule has 1 aromatic carbocycles. The number of carbonyl (C=O) groups excluding carboxylic acids is 1. The van der Waals surface area contributed by atoms with E-state index < -0.39 is 5.78 Å². The molecule has 0 bridgehead atoms. The second kappa shape index (κ2) is 6.95. The van der Waals surface area contributed by atoms with E-state index in [1.165, 1.54) is 16.8 Å². The van der Waals surface area contributed by atoms with Gasteiger partial charge in [0.15, 0.2) is 5.76 Å². The number of rotatable bonds is 3. The van der Waals surface area contributed by atoms with E-state index in [2.05, 4.69) is 5.59 Å². The van der Waals surface area contributed by atoms with Crippen LogP contribution in [0.15, 0.2) is 70.4 Å². The van der Waals surface area contributed by atoms with Crippen LogP contribution in [0.2, 0.25) is 0 Å². The van der Waals surface area contributed by atoms with Crippen molar-refractivity contribution in [3.05, 3.63) is 81.6 Å². The summed E-state index contributed by atoms with van der Waals surface area (Å²) in [6.07, 6.45) is 4.75. The summed E-state index contributed by atoms with van der Waals surface area (Å²) in [5.41, 5.74) is 4.14. The second-order valence-corrected chi connectivity index (χ2v) is 6.45. The van der Waals surface area contributed by atoms with Gasteiger partial charge in [0.25, 0.3) is 11.5 Å². The maximum Gasteiger partial charge on any atom is 0.297 e. The van der Waals surface area contributed by atoms with Crippen LogP contribution in [0, 0.1) is 12.3 Å². The smallest absolute Gasteiger partial charge is 0.297 e. The standard InChI is InChI=1S/C20H19N5O4/c1-12-16(20(27)25(23(12)2)13-8-5-4-6-9-13)24-17(19(21)29-22-24)14-10-7-11-15(28-3)18(14)26/h4-11,21-22H,1-3H3. The maximum atomic E-state index is 13.3. The van der Waals surface area contributed by atoms with Crippen LogP contribution >= 0.6 is 0 Å². The number of hydrogen-bond acceptors (Lipinski definition) is 7. The Bertz CT molecular complexity index is 1170. The molecular weight excluding hydrogens is 374 g/mol. The van der Waals surface area contributed by atoms with Gasteiger partial charge >= 0.3 is 0 Å². The van der Waals surface area contributed by atoms with Crippen molar-refractivity contribution in [1.82, 2.24) is 15.0 Å². The number of benzene rings is 1. The van der Waals surface area contributed by atoms with Crippen LogP contribution in [0.3, 0.4) is 0 Å². The fourth-order valence-electron chi connectivity index (χ4n) is 3.36. The van der Waals surface area contributed by atoms with E-state index in [9.17, 15) is 9.59 Å². The van der Waals surface area contributed by atoms with E-state index in [0.717, 1.165) is 0 Å². The number of hydrazine groups is 1. The molecule has 1 aliphatic heterocycles. The Morgan fingerprint density at radius 3 is 2.59 bits per heavy atom. The van der Waals surface area contributed by atoms with E-state index in [1.807, 2.05) is 30.3 Å². The SMILES string of the molecule is COC1=CC=CC(=C2C(=N)ONN2c2c(C)n(C)n(-c3ccccc3)c2=O)C1=O. The molecule has 0 radical (unpaired) electrons. The fourth-order valence-corrected chi connectivity index (χ4v) is 3.36. The largest absolute Gasteiger partial charge is 0.493 e. The summed E-state index contributed by atoms with van der Waals surface area (Å²) >= 11 is 0. The molecule has 1 saturated heterocycles. The highest BCUT2D eigenvalue weighted by molar-refractivity contribution is 6.16. The number of nitrogens with one attached hydrogen (secondary N) is 2. The molecule has 1 fully saturated rings. The molecule has 4 rings (SSSR count). The van der Waals surface area contributed by atoms with Gasteiger partial charge in [0.1, 0.15) is 11.4 Å². The van der Waals surface area contributed by atoms with Gasteiger partial charge in [-0.15, -0.1) is 0 Å². The van der Waals surface area contributed by atoms with Crippen LogP contribution < -0.4 is 16.2 Å². The zero-order chi connectivity index (χ0) is 20.7.